The van der Waals surface area contributed by atoms with Crippen LogP contribution in [0.5, 0.6) is 0 Å². The molecule has 0 aromatic heterocycles. The van der Waals surface area contributed by atoms with Gasteiger partial charge < -0.3 is 10.2 Å². The molecule has 1 fully saturated rings. The first-order valence-corrected chi connectivity index (χ1v) is 11.7. The lowest BCUT2D eigenvalue weighted by Gasteiger charge is -2.27. The van der Waals surface area contributed by atoms with E-state index in [4.69, 9.17) is 5.21 Å². The van der Waals surface area contributed by atoms with Gasteiger partial charge >= 0.3 is 0 Å². The van der Waals surface area contributed by atoms with Crippen molar-refractivity contribution in [3.63, 3.8) is 0 Å². The molecule has 0 aliphatic carbocycles. The van der Waals surface area contributed by atoms with Crippen LogP contribution in [-0.4, -0.2) is 40.9 Å². The Morgan fingerprint density at radius 2 is 1.49 bits per heavy atom. The SMILES string of the molecule is Cc1ccc(C(=O)Nc2cc(C(=O)N3CCCCC3)cc(-c3ccc(C(=O)NO)cc3)c2)c(C)c1. The number of rotatable bonds is 5. The third-order valence-electron chi connectivity index (χ3n) is 6.29. The highest BCUT2D eigenvalue weighted by Crippen LogP contribution is 2.27. The van der Waals surface area contributed by atoms with Gasteiger partial charge in [0.15, 0.2) is 0 Å². The van der Waals surface area contributed by atoms with E-state index in [0.717, 1.165) is 54.6 Å². The maximum atomic E-state index is 13.3. The zero-order valence-electron chi connectivity index (χ0n) is 19.9. The molecule has 0 saturated carbocycles. The molecule has 3 N–H and O–H groups in total. The molecule has 7 nitrogen and oxygen atoms in total. The number of hydrogen-bond acceptors (Lipinski definition) is 4. The molecule has 180 valence electrons. The van der Waals surface area contributed by atoms with E-state index in [1.165, 1.54) is 0 Å². The lowest BCUT2D eigenvalue weighted by atomic mass is 9.99. The third-order valence-corrected chi connectivity index (χ3v) is 6.29. The van der Waals surface area contributed by atoms with Gasteiger partial charge in [-0.05, 0) is 86.2 Å². The zero-order chi connectivity index (χ0) is 24.9. The first-order valence-electron chi connectivity index (χ1n) is 11.7. The summed E-state index contributed by atoms with van der Waals surface area (Å²) in [7, 11) is 0. The lowest BCUT2D eigenvalue weighted by molar-refractivity contribution is 0.0705. The number of hydrogen-bond donors (Lipinski definition) is 3. The fourth-order valence-electron chi connectivity index (χ4n) is 4.41. The number of piperidine rings is 1. The summed E-state index contributed by atoms with van der Waals surface area (Å²) >= 11 is 0. The van der Waals surface area contributed by atoms with Crippen molar-refractivity contribution in [2.24, 2.45) is 0 Å². The number of anilines is 1. The number of nitrogens with zero attached hydrogens (tertiary/aromatic N) is 1. The van der Waals surface area contributed by atoms with Crippen LogP contribution in [0.2, 0.25) is 0 Å². The average Bonchev–Trinajstić information content (AvgIpc) is 2.88. The highest BCUT2D eigenvalue weighted by Gasteiger charge is 2.20. The number of nitrogens with one attached hydrogen (secondary N) is 2. The van der Waals surface area contributed by atoms with Crippen molar-refractivity contribution in [2.45, 2.75) is 33.1 Å². The van der Waals surface area contributed by atoms with E-state index in [0.29, 0.717) is 22.4 Å². The highest BCUT2D eigenvalue weighted by atomic mass is 16.5. The van der Waals surface area contributed by atoms with E-state index in [1.54, 1.807) is 41.9 Å². The first-order chi connectivity index (χ1) is 16.9. The molecular formula is C28H29N3O4. The molecular weight excluding hydrogens is 442 g/mol. The van der Waals surface area contributed by atoms with Crippen LogP contribution in [0, 0.1) is 13.8 Å². The van der Waals surface area contributed by atoms with Gasteiger partial charge in [-0.2, -0.15) is 0 Å². The molecule has 35 heavy (non-hydrogen) atoms. The van der Waals surface area contributed by atoms with Crippen molar-refractivity contribution in [1.82, 2.24) is 10.4 Å². The molecule has 3 aromatic rings. The number of carbonyl (C=O) groups is 3. The Kier molecular flexibility index (Phi) is 7.27. The lowest BCUT2D eigenvalue weighted by Crippen LogP contribution is -2.35. The summed E-state index contributed by atoms with van der Waals surface area (Å²) < 4.78 is 0. The predicted octanol–water partition coefficient (Wildman–Crippen LogP) is 4.97. The van der Waals surface area contributed by atoms with Gasteiger partial charge in [0.05, 0.1) is 0 Å². The molecule has 1 heterocycles. The predicted molar refractivity (Wildman–Crippen MR) is 135 cm³/mol. The van der Waals surface area contributed by atoms with Crippen LogP contribution in [-0.2, 0) is 0 Å². The largest absolute Gasteiger partial charge is 0.339 e. The molecule has 0 spiro atoms. The summed E-state index contributed by atoms with van der Waals surface area (Å²) in [6.45, 7) is 5.32. The van der Waals surface area contributed by atoms with E-state index in [1.807, 2.05) is 43.0 Å². The molecule has 1 saturated heterocycles. The van der Waals surface area contributed by atoms with Crippen molar-refractivity contribution >= 4 is 23.4 Å². The van der Waals surface area contributed by atoms with Crippen LogP contribution in [0.15, 0.2) is 60.7 Å². The first kappa shape index (κ1) is 24.2. The minimum Gasteiger partial charge on any atom is -0.339 e. The average molecular weight is 472 g/mol. The molecule has 0 radical (unpaired) electrons. The van der Waals surface area contributed by atoms with Crippen molar-refractivity contribution < 1.29 is 19.6 Å². The molecule has 0 bridgehead atoms. The van der Waals surface area contributed by atoms with E-state index < -0.39 is 5.91 Å². The molecule has 3 amide bonds. The third kappa shape index (κ3) is 5.58. The number of amides is 3. The number of likely N-dealkylation sites (tertiary alicyclic amines) is 1. The zero-order valence-corrected chi connectivity index (χ0v) is 19.9. The van der Waals surface area contributed by atoms with Crippen molar-refractivity contribution in [2.75, 3.05) is 18.4 Å². The Balaban J connectivity index is 1.70. The maximum Gasteiger partial charge on any atom is 0.274 e. The summed E-state index contributed by atoms with van der Waals surface area (Å²) in [5, 5.41) is 11.8. The molecule has 3 aromatic carbocycles. The Morgan fingerprint density at radius 3 is 2.14 bits per heavy atom. The van der Waals surface area contributed by atoms with Gasteiger partial charge in [0.2, 0.25) is 0 Å². The Morgan fingerprint density at radius 1 is 0.771 bits per heavy atom. The standard InChI is InChI=1S/C28H29N3O4/c1-18-6-11-25(19(2)14-18)27(33)29-24-16-22(20-7-9-21(10-8-20)26(32)30-35)15-23(17-24)28(34)31-12-4-3-5-13-31/h6-11,14-17,35H,3-5,12-13H2,1-2H3,(H,29,33)(H,30,32). The number of carbonyl (C=O) groups excluding carboxylic acids is 3. The quantitative estimate of drug-likeness (QED) is 0.361. The summed E-state index contributed by atoms with van der Waals surface area (Å²) in [5.41, 5.74) is 6.98. The molecule has 1 aliphatic heterocycles. The molecule has 4 rings (SSSR count). The van der Waals surface area contributed by atoms with Crippen LogP contribution in [0.25, 0.3) is 11.1 Å². The number of hydroxylamine groups is 1. The maximum absolute atomic E-state index is 13.3. The van der Waals surface area contributed by atoms with Crippen LogP contribution >= 0.6 is 0 Å². The van der Waals surface area contributed by atoms with Gasteiger partial charge in [-0.3, -0.25) is 19.6 Å². The summed E-state index contributed by atoms with van der Waals surface area (Å²) in [4.78, 5) is 39.9. The van der Waals surface area contributed by atoms with Crippen molar-refractivity contribution in [3.05, 3.63) is 88.5 Å². The van der Waals surface area contributed by atoms with E-state index >= 15 is 0 Å². The van der Waals surface area contributed by atoms with Gasteiger partial charge in [-0.15, -0.1) is 0 Å². The number of aryl methyl sites for hydroxylation is 2. The van der Waals surface area contributed by atoms with Crippen LogP contribution in [0.4, 0.5) is 5.69 Å². The summed E-state index contributed by atoms with van der Waals surface area (Å²) in [5.74, 6) is -0.914. The van der Waals surface area contributed by atoms with Gasteiger partial charge in [0.1, 0.15) is 0 Å². The van der Waals surface area contributed by atoms with Gasteiger partial charge in [0, 0.05) is 35.5 Å². The van der Waals surface area contributed by atoms with Gasteiger partial charge in [-0.1, -0.05) is 29.8 Å². The second-order valence-electron chi connectivity index (χ2n) is 8.94. The number of benzene rings is 3. The van der Waals surface area contributed by atoms with Gasteiger partial charge in [0.25, 0.3) is 17.7 Å². The Labute approximate surface area is 204 Å². The minimum atomic E-state index is -0.605. The molecule has 0 unspecified atom stereocenters. The Hall–Kier alpha value is -3.97. The second kappa shape index (κ2) is 10.5. The topological polar surface area (TPSA) is 98.7 Å². The monoisotopic (exact) mass is 471 g/mol. The smallest absolute Gasteiger partial charge is 0.274 e. The minimum absolute atomic E-state index is 0.0650. The van der Waals surface area contributed by atoms with E-state index in [2.05, 4.69) is 5.32 Å². The van der Waals surface area contributed by atoms with Crippen molar-refractivity contribution in [3.8, 4) is 11.1 Å². The highest BCUT2D eigenvalue weighted by molar-refractivity contribution is 6.06. The van der Waals surface area contributed by atoms with Crippen molar-refractivity contribution in [1.29, 1.82) is 0 Å². The van der Waals surface area contributed by atoms with Gasteiger partial charge in [-0.25, -0.2) is 5.48 Å². The second-order valence-corrected chi connectivity index (χ2v) is 8.94. The molecule has 0 atom stereocenters. The fraction of sp³-hybridized carbons (Fsp3) is 0.250. The Bertz CT molecular complexity index is 1260. The molecule has 7 heteroatoms. The van der Waals surface area contributed by atoms with E-state index in [-0.39, 0.29) is 11.8 Å². The summed E-state index contributed by atoms with van der Waals surface area (Å²) in [6, 6.07) is 17.7. The summed E-state index contributed by atoms with van der Waals surface area (Å²) in [6.07, 6.45) is 3.08. The van der Waals surface area contributed by atoms with E-state index in [9.17, 15) is 14.4 Å². The molecule has 1 aliphatic rings. The van der Waals surface area contributed by atoms with Crippen LogP contribution in [0.3, 0.4) is 0 Å². The normalized spacial score (nSPS) is 13.3. The fourth-order valence-corrected chi connectivity index (χ4v) is 4.41. The van der Waals surface area contributed by atoms with Crippen LogP contribution < -0.4 is 10.8 Å². The van der Waals surface area contributed by atoms with Crippen LogP contribution in [0.1, 0.15) is 61.5 Å².